The number of hydrogen-bond acceptors (Lipinski definition) is 4. The number of alkyl halides is 5. The van der Waals surface area contributed by atoms with E-state index in [1.165, 1.54) is 0 Å². The van der Waals surface area contributed by atoms with E-state index in [2.05, 4.69) is 9.72 Å². The zero-order valence-electron chi connectivity index (χ0n) is 10.3. The van der Waals surface area contributed by atoms with Gasteiger partial charge in [0.05, 0.1) is 13.5 Å². The SMILES string of the molecule is COC(=O)Cc1cc(CN)c(C(F)(F)F)nc1C(F)F. The summed E-state index contributed by atoms with van der Waals surface area (Å²) in [7, 11) is 1.03. The first-order valence-corrected chi connectivity index (χ1v) is 5.35. The molecule has 0 unspecified atom stereocenters. The third kappa shape index (κ3) is 3.62. The van der Waals surface area contributed by atoms with Gasteiger partial charge in [0.2, 0.25) is 0 Å². The van der Waals surface area contributed by atoms with Gasteiger partial charge in [-0.05, 0) is 17.2 Å². The highest BCUT2D eigenvalue weighted by molar-refractivity contribution is 5.72. The zero-order chi connectivity index (χ0) is 15.5. The molecule has 0 aromatic carbocycles. The molecule has 9 heteroatoms. The summed E-state index contributed by atoms with van der Waals surface area (Å²) in [6.07, 6.45) is -8.75. The van der Waals surface area contributed by atoms with E-state index >= 15 is 0 Å². The Kier molecular flexibility index (Phi) is 4.98. The molecule has 0 spiro atoms. The van der Waals surface area contributed by atoms with Gasteiger partial charge in [0.25, 0.3) is 6.43 Å². The second-order valence-corrected chi connectivity index (χ2v) is 3.80. The second kappa shape index (κ2) is 6.12. The summed E-state index contributed by atoms with van der Waals surface area (Å²) in [5.41, 5.74) is 1.81. The van der Waals surface area contributed by atoms with Crippen LogP contribution < -0.4 is 5.73 Å². The highest BCUT2D eigenvalue weighted by Gasteiger charge is 2.37. The van der Waals surface area contributed by atoms with Gasteiger partial charge in [-0.15, -0.1) is 0 Å². The highest BCUT2D eigenvalue weighted by Crippen LogP contribution is 2.33. The molecule has 0 aliphatic carbocycles. The van der Waals surface area contributed by atoms with Crippen molar-refractivity contribution in [1.82, 2.24) is 4.98 Å². The summed E-state index contributed by atoms with van der Waals surface area (Å²) in [6, 6.07) is 0.814. The van der Waals surface area contributed by atoms with Crippen LogP contribution in [0.25, 0.3) is 0 Å². The van der Waals surface area contributed by atoms with Crippen molar-refractivity contribution in [3.63, 3.8) is 0 Å². The third-order valence-electron chi connectivity index (χ3n) is 2.47. The number of halogens is 5. The Hall–Kier alpha value is -1.77. The number of carbonyl (C=O) groups excluding carboxylic acids is 1. The molecule has 1 rings (SSSR count). The van der Waals surface area contributed by atoms with Crippen LogP contribution in [0.4, 0.5) is 22.0 Å². The molecule has 2 N–H and O–H groups in total. The highest BCUT2D eigenvalue weighted by atomic mass is 19.4. The van der Waals surface area contributed by atoms with Gasteiger partial charge in [0.1, 0.15) is 11.4 Å². The molecule has 112 valence electrons. The van der Waals surface area contributed by atoms with Crippen LogP contribution in [0.2, 0.25) is 0 Å². The van der Waals surface area contributed by atoms with Crippen molar-refractivity contribution in [1.29, 1.82) is 0 Å². The Morgan fingerprint density at radius 3 is 2.40 bits per heavy atom. The quantitative estimate of drug-likeness (QED) is 0.683. The van der Waals surface area contributed by atoms with Crippen molar-refractivity contribution in [3.8, 4) is 0 Å². The fourth-order valence-electron chi connectivity index (χ4n) is 1.58. The Morgan fingerprint density at radius 1 is 1.40 bits per heavy atom. The van der Waals surface area contributed by atoms with E-state index in [1.54, 1.807) is 0 Å². The Balaban J connectivity index is 3.41. The lowest BCUT2D eigenvalue weighted by Crippen LogP contribution is -2.18. The Morgan fingerprint density at radius 2 is 2.00 bits per heavy atom. The molecule has 0 amide bonds. The van der Waals surface area contributed by atoms with Crippen LogP contribution in [-0.2, 0) is 28.7 Å². The fraction of sp³-hybridized carbons (Fsp3) is 0.455. The van der Waals surface area contributed by atoms with E-state index in [0.29, 0.717) is 0 Å². The van der Waals surface area contributed by atoms with Crippen molar-refractivity contribution < 1.29 is 31.5 Å². The number of carbonyl (C=O) groups is 1. The van der Waals surface area contributed by atoms with E-state index in [1.807, 2.05) is 0 Å². The Labute approximate surface area is 110 Å². The number of rotatable bonds is 4. The Bertz CT molecular complexity index is 502. The van der Waals surface area contributed by atoms with Crippen LogP contribution in [0.3, 0.4) is 0 Å². The summed E-state index contributed by atoms with van der Waals surface area (Å²) in [6.45, 7) is -0.542. The molecule has 1 heterocycles. The van der Waals surface area contributed by atoms with Gasteiger partial charge in [-0.25, -0.2) is 13.8 Å². The standard InChI is InChI=1S/C11H11F5N2O2/c1-20-7(19)3-5-2-6(4-17)9(11(14,15)16)18-8(5)10(12)13/h2,10H,3-4,17H2,1H3. The van der Waals surface area contributed by atoms with E-state index < -0.39 is 48.5 Å². The van der Waals surface area contributed by atoms with Crippen LogP contribution in [0.5, 0.6) is 0 Å². The van der Waals surface area contributed by atoms with Crippen LogP contribution >= 0.6 is 0 Å². The molecule has 0 fully saturated rings. The van der Waals surface area contributed by atoms with Gasteiger partial charge >= 0.3 is 12.1 Å². The van der Waals surface area contributed by atoms with Gasteiger partial charge in [0.15, 0.2) is 0 Å². The minimum absolute atomic E-state index is 0.333. The van der Waals surface area contributed by atoms with Gasteiger partial charge in [-0.2, -0.15) is 13.2 Å². The normalized spacial score (nSPS) is 11.8. The molecule has 0 aliphatic heterocycles. The molecule has 0 saturated carbocycles. The lowest BCUT2D eigenvalue weighted by Gasteiger charge is -2.15. The molecule has 0 bridgehead atoms. The van der Waals surface area contributed by atoms with E-state index in [-0.39, 0.29) is 5.56 Å². The molecule has 0 atom stereocenters. The van der Waals surface area contributed by atoms with Crippen molar-refractivity contribution in [2.75, 3.05) is 7.11 Å². The molecule has 1 aromatic rings. The van der Waals surface area contributed by atoms with Crippen LogP contribution in [-0.4, -0.2) is 18.1 Å². The lowest BCUT2D eigenvalue weighted by atomic mass is 10.0. The third-order valence-corrected chi connectivity index (χ3v) is 2.47. The minimum Gasteiger partial charge on any atom is -0.469 e. The van der Waals surface area contributed by atoms with E-state index in [9.17, 15) is 26.7 Å². The molecule has 0 radical (unpaired) electrons. The van der Waals surface area contributed by atoms with E-state index in [0.717, 1.165) is 13.2 Å². The number of methoxy groups -OCH3 is 1. The van der Waals surface area contributed by atoms with Gasteiger partial charge in [0, 0.05) is 6.54 Å². The number of aromatic nitrogens is 1. The molecular weight excluding hydrogens is 287 g/mol. The second-order valence-electron chi connectivity index (χ2n) is 3.80. The van der Waals surface area contributed by atoms with Crippen molar-refractivity contribution in [2.45, 2.75) is 25.6 Å². The van der Waals surface area contributed by atoms with Crippen molar-refractivity contribution in [3.05, 3.63) is 28.6 Å². The summed E-state index contributed by atoms with van der Waals surface area (Å²) in [4.78, 5) is 14.0. The summed E-state index contributed by atoms with van der Waals surface area (Å²) in [5, 5.41) is 0. The van der Waals surface area contributed by atoms with Gasteiger partial charge in [-0.1, -0.05) is 0 Å². The monoisotopic (exact) mass is 298 g/mol. The van der Waals surface area contributed by atoms with Crippen LogP contribution in [0.15, 0.2) is 6.07 Å². The maximum absolute atomic E-state index is 12.8. The smallest absolute Gasteiger partial charge is 0.433 e. The number of hydrogen-bond donors (Lipinski definition) is 1. The van der Waals surface area contributed by atoms with Crippen molar-refractivity contribution in [2.24, 2.45) is 5.73 Å². The molecule has 0 saturated heterocycles. The lowest BCUT2D eigenvalue weighted by molar-refractivity contribution is -0.142. The van der Waals surface area contributed by atoms with Gasteiger partial charge < -0.3 is 10.5 Å². The predicted molar refractivity (Wildman–Crippen MR) is 57.8 cm³/mol. The number of ether oxygens (including phenoxy) is 1. The molecule has 0 aliphatic rings. The summed E-state index contributed by atoms with van der Waals surface area (Å²) >= 11 is 0. The number of nitrogens with two attached hydrogens (primary N) is 1. The minimum atomic E-state index is -4.90. The maximum Gasteiger partial charge on any atom is 0.433 e. The van der Waals surface area contributed by atoms with Crippen LogP contribution in [0.1, 0.15) is 28.9 Å². The molecular formula is C11H11F5N2O2. The molecule has 1 aromatic heterocycles. The number of pyridine rings is 1. The number of esters is 1. The topological polar surface area (TPSA) is 65.2 Å². The maximum atomic E-state index is 12.8. The van der Waals surface area contributed by atoms with Crippen molar-refractivity contribution >= 4 is 5.97 Å². The number of nitrogens with zero attached hydrogens (tertiary/aromatic N) is 1. The molecule has 4 nitrogen and oxygen atoms in total. The first kappa shape index (κ1) is 16.3. The predicted octanol–water partition coefficient (Wildman–Crippen LogP) is 2.21. The first-order chi connectivity index (χ1) is 9.20. The summed E-state index contributed by atoms with van der Waals surface area (Å²) < 4.78 is 67.9. The summed E-state index contributed by atoms with van der Waals surface area (Å²) in [5.74, 6) is -0.864. The largest absolute Gasteiger partial charge is 0.469 e. The molecule has 20 heavy (non-hydrogen) atoms. The van der Waals surface area contributed by atoms with E-state index in [4.69, 9.17) is 5.73 Å². The fourth-order valence-corrected chi connectivity index (χ4v) is 1.58. The van der Waals surface area contributed by atoms with Gasteiger partial charge in [-0.3, -0.25) is 4.79 Å². The van der Waals surface area contributed by atoms with Crippen LogP contribution in [0, 0.1) is 0 Å². The average molecular weight is 298 g/mol. The first-order valence-electron chi connectivity index (χ1n) is 5.35. The average Bonchev–Trinajstić information content (AvgIpc) is 2.36. The zero-order valence-corrected chi connectivity index (χ0v) is 10.3.